The van der Waals surface area contributed by atoms with Crippen LogP contribution in [0.25, 0.3) is 10.2 Å². The lowest BCUT2D eigenvalue weighted by Gasteiger charge is -2.06. The van der Waals surface area contributed by atoms with Gasteiger partial charge in [0.1, 0.15) is 17.7 Å². The van der Waals surface area contributed by atoms with Crippen molar-refractivity contribution in [3.05, 3.63) is 35.4 Å². The average molecular weight is 293 g/mol. The van der Waals surface area contributed by atoms with Crippen molar-refractivity contribution in [2.24, 2.45) is 5.10 Å². The Balaban J connectivity index is 2.10. The van der Waals surface area contributed by atoms with Gasteiger partial charge in [0.2, 0.25) is 5.13 Å². The minimum Gasteiger partial charge on any atom is -0.266 e. The van der Waals surface area contributed by atoms with Crippen LogP contribution in [0.3, 0.4) is 0 Å². The summed E-state index contributed by atoms with van der Waals surface area (Å²) in [6, 6.07) is 11.0. The molecule has 1 amide bonds. The molecule has 6 nitrogen and oxygen atoms in total. The summed E-state index contributed by atoms with van der Waals surface area (Å²) in [6.07, 6.45) is 0. The number of rotatable bonds is 1. The fourth-order valence-electron chi connectivity index (χ4n) is 2.01. The van der Waals surface area contributed by atoms with Crippen molar-refractivity contribution >= 4 is 38.3 Å². The minimum absolute atomic E-state index is 0.0410. The quantitative estimate of drug-likeness (QED) is 0.596. The molecule has 1 aliphatic heterocycles. The third-order valence-corrected chi connectivity index (χ3v) is 3.97. The molecular formula is C14H7N5OS. The highest BCUT2D eigenvalue weighted by atomic mass is 32.1. The molecule has 0 N–H and O–H groups in total. The van der Waals surface area contributed by atoms with Crippen LogP contribution in [0, 0.1) is 22.7 Å². The van der Waals surface area contributed by atoms with Crippen molar-refractivity contribution in [1.82, 2.24) is 4.98 Å². The summed E-state index contributed by atoms with van der Waals surface area (Å²) < 4.78 is 0.936. The molecule has 7 heteroatoms. The van der Waals surface area contributed by atoms with Crippen molar-refractivity contribution < 1.29 is 4.79 Å². The number of allylic oxidation sites excluding steroid dienone is 1. The zero-order chi connectivity index (χ0) is 15.0. The van der Waals surface area contributed by atoms with Crippen molar-refractivity contribution in [3.8, 4) is 12.1 Å². The predicted octanol–water partition coefficient (Wildman–Crippen LogP) is 2.36. The molecule has 1 aromatic heterocycles. The maximum Gasteiger partial charge on any atom is 0.284 e. The van der Waals surface area contributed by atoms with Crippen LogP contribution in [-0.4, -0.2) is 16.6 Å². The molecule has 1 aliphatic rings. The van der Waals surface area contributed by atoms with Crippen molar-refractivity contribution in [2.45, 2.75) is 6.92 Å². The Hall–Kier alpha value is -3.03. The second-order valence-electron chi connectivity index (χ2n) is 4.24. The largest absolute Gasteiger partial charge is 0.284 e. The van der Waals surface area contributed by atoms with Crippen LogP contribution in [0.5, 0.6) is 0 Å². The van der Waals surface area contributed by atoms with E-state index in [1.807, 2.05) is 24.3 Å². The Morgan fingerprint density at radius 1 is 1.29 bits per heavy atom. The highest BCUT2D eigenvalue weighted by molar-refractivity contribution is 7.22. The first-order valence-electron chi connectivity index (χ1n) is 5.95. The molecule has 21 heavy (non-hydrogen) atoms. The molecule has 0 radical (unpaired) electrons. The van der Waals surface area contributed by atoms with Gasteiger partial charge in [-0.25, -0.2) is 4.98 Å². The summed E-state index contributed by atoms with van der Waals surface area (Å²) in [5.74, 6) is -0.496. The molecule has 0 saturated carbocycles. The zero-order valence-corrected chi connectivity index (χ0v) is 11.7. The number of nitriles is 2. The molecule has 0 saturated heterocycles. The second kappa shape index (κ2) is 4.82. The maximum absolute atomic E-state index is 12.4. The predicted molar refractivity (Wildman–Crippen MR) is 78.5 cm³/mol. The van der Waals surface area contributed by atoms with E-state index in [4.69, 9.17) is 10.5 Å². The van der Waals surface area contributed by atoms with Gasteiger partial charge in [-0.15, -0.1) is 0 Å². The number of benzene rings is 1. The van der Waals surface area contributed by atoms with E-state index in [2.05, 4.69) is 10.1 Å². The molecule has 1 aromatic carbocycles. The first kappa shape index (κ1) is 13.0. The Morgan fingerprint density at radius 2 is 2.00 bits per heavy atom. The van der Waals surface area contributed by atoms with Gasteiger partial charge in [0.05, 0.1) is 21.5 Å². The van der Waals surface area contributed by atoms with Crippen molar-refractivity contribution in [2.75, 3.05) is 5.01 Å². The van der Waals surface area contributed by atoms with Crippen LogP contribution in [0.1, 0.15) is 6.92 Å². The van der Waals surface area contributed by atoms with E-state index in [1.54, 1.807) is 19.1 Å². The second-order valence-corrected chi connectivity index (χ2v) is 5.25. The molecule has 0 atom stereocenters. The number of hydrazone groups is 1. The van der Waals surface area contributed by atoms with Crippen molar-refractivity contribution in [1.29, 1.82) is 10.5 Å². The summed E-state index contributed by atoms with van der Waals surface area (Å²) in [4.78, 5) is 16.7. The van der Waals surface area contributed by atoms with Crippen LogP contribution in [0.15, 0.2) is 40.5 Å². The molecule has 3 rings (SSSR count). The van der Waals surface area contributed by atoms with Crippen LogP contribution in [-0.2, 0) is 4.79 Å². The van der Waals surface area contributed by atoms with Crippen LogP contribution < -0.4 is 5.01 Å². The van der Waals surface area contributed by atoms with E-state index >= 15 is 0 Å². The van der Waals surface area contributed by atoms with Gasteiger partial charge in [-0.2, -0.15) is 20.6 Å². The summed E-state index contributed by atoms with van der Waals surface area (Å²) in [6.45, 7) is 1.59. The summed E-state index contributed by atoms with van der Waals surface area (Å²) in [5, 5.41) is 23.5. The van der Waals surface area contributed by atoms with Gasteiger partial charge >= 0.3 is 0 Å². The Kier molecular flexibility index (Phi) is 2.98. The normalized spacial score (nSPS) is 14.0. The molecule has 2 heterocycles. The highest BCUT2D eigenvalue weighted by Gasteiger charge is 2.33. The number of aromatic nitrogens is 1. The standard InChI is InChI=1S/C14H7N5OS/c1-8-12(9(6-15)7-16)13(20)19(18-8)14-17-10-4-2-3-5-11(10)21-14/h2-5H,1H3. The minimum atomic E-state index is -0.496. The Labute approximate surface area is 123 Å². The van der Waals surface area contributed by atoms with E-state index in [9.17, 15) is 4.79 Å². The van der Waals surface area contributed by atoms with Gasteiger partial charge in [-0.05, 0) is 19.1 Å². The number of amides is 1. The van der Waals surface area contributed by atoms with Gasteiger partial charge in [-0.1, -0.05) is 23.5 Å². The fraction of sp³-hybridized carbons (Fsp3) is 0.0714. The van der Waals surface area contributed by atoms with Gasteiger partial charge < -0.3 is 0 Å². The lowest BCUT2D eigenvalue weighted by atomic mass is 10.1. The molecule has 0 bridgehead atoms. The molecule has 0 aliphatic carbocycles. The lowest BCUT2D eigenvalue weighted by Crippen LogP contribution is -2.21. The number of hydrogen-bond acceptors (Lipinski definition) is 6. The third-order valence-electron chi connectivity index (χ3n) is 2.96. The van der Waals surface area contributed by atoms with E-state index < -0.39 is 5.91 Å². The number of para-hydroxylation sites is 1. The molecule has 0 fully saturated rings. The van der Waals surface area contributed by atoms with Crippen LogP contribution in [0.2, 0.25) is 0 Å². The Bertz CT molecular complexity index is 860. The van der Waals surface area contributed by atoms with E-state index in [0.717, 1.165) is 15.2 Å². The highest BCUT2D eigenvalue weighted by Crippen LogP contribution is 2.32. The number of thiazole rings is 1. The van der Waals surface area contributed by atoms with Gasteiger partial charge in [-0.3, -0.25) is 4.79 Å². The number of nitrogens with zero attached hydrogens (tertiary/aromatic N) is 5. The molecular weight excluding hydrogens is 286 g/mol. The molecule has 0 unspecified atom stereocenters. The monoisotopic (exact) mass is 293 g/mol. The van der Waals surface area contributed by atoms with Crippen molar-refractivity contribution in [3.63, 3.8) is 0 Å². The van der Waals surface area contributed by atoms with Crippen LogP contribution in [0.4, 0.5) is 5.13 Å². The molecule has 100 valence electrons. The fourth-order valence-corrected chi connectivity index (χ4v) is 2.93. The van der Waals surface area contributed by atoms with Gasteiger partial charge in [0.15, 0.2) is 0 Å². The number of fused-ring (bicyclic) bond motifs is 1. The molecule has 0 spiro atoms. The first-order valence-corrected chi connectivity index (χ1v) is 6.77. The number of carbonyl (C=O) groups excluding carboxylic acids is 1. The van der Waals surface area contributed by atoms with Gasteiger partial charge in [0.25, 0.3) is 5.91 Å². The van der Waals surface area contributed by atoms with Crippen LogP contribution >= 0.6 is 11.3 Å². The number of anilines is 1. The summed E-state index contributed by atoms with van der Waals surface area (Å²) in [5.41, 5.74) is 0.929. The summed E-state index contributed by atoms with van der Waals surface area (Å²) in [7, 11) is 0. The van der Waals surface area contributed by atoms with E-state index in [1.165, 1.54) is 11.3 Å². The SMILES string of the molecule is CC1=NN(c2nc3ccccc3s2)C(=O)C1=C(C#N)C#N. The first-order chi connectivity index (χ1) is 10.2. The topological polar surface area (TPSA) is 93.1 Å². The average Bonchev–Trinajstić information content (AvgIpc) is 3.03. The lowest BCUT2D eigenvalue weighted by molar-refractivity contribution is -0.114. The third kappa shape index (κ3) is 1.97. The number of hydrogen-bond donors (Lipinski definition) is 0. The summed E-state index contributed by atoms with van der Waals surface area (Å²) >= 11 is 1.33. The van der Waals surface area contributed by atoms with Gasteiger partial charge in [0, 0.05) is 0 Å². The van der Waals surface area contributed by atoms with E-state index in [0.29, 0.717) is 10.8 Å². The van der Waals surface area contributed by atoms with E-state index in [-0.39, 0.29) is 11.1 Å². The zero-order valence-electron chi connectivity index (χ0n) is 10.9. The maximum atomic E-state index is 12.4. The smallest absolute Gasteiger partial charge is 0.266 e. The Morgan fingerprint density at radius 3 is 2.67 bits per heavy atom. The molecule has 2 aromatic rings. The number of carbonyl (C=O) groups is 1.